The van der Waals surface area contributed by atoms with Gasteiger partial charge in [0.1, 0.15) is 11.3 Å². The number of allylic oxidation sites excluding steroid dienone is 1. The quantitative estimate of drug-likeness (QED) is 0.617. The van der Waals surface area contributed by atoms with Crippen LogP contribution >= 0.6 is 0 Å². The third-order valence-corrected chi connectivity index (χ3v) is 3.27. The SMILES string of the molecule is CC(/C=C/c1ccccc1)c1cc2ccccc2o1. The number of hydrogen-bond donors (Lipinski definition) is 0. The van der Waals surface area contributed by atoms with E-state index >= 15 is 0 Å². The lowest BCUT2D eigenvalue weighted by molar-refractivity contribution is 0.538. The highest BCUT2D eigenvalue weighted by Gasteiger charge is 2.08. The minimum absolute atomic E-state index is 0.271. The Morgan fingerprint density at radius 2 is 1.68 bits per heavy atom. The first kappa shape index (κ1) is 11.8. The molecule has 1 nitrogen and oxygen atoms in total. The first-order chi connectivity index (χ1) is 9.33. The summed E-state index contributed by atoms with van der Waals surface area (Å²) in [5, 5.41) is 1.16. The minimum atomic E-state index is 0.271. The molecule has 0 saturated carbocycles. The smallest absolute Gasteiger partial charge is 0.134 e. The zero-order valence-electron chi connectivity index (χ0n) is 10.9. The molecule has 1 heterocycles. The fourth-order valence-electron chi connectivity index (χ4n) is 2.14. The van der Waals surface area contributed by atoms with E-state index in [0.717, 1.165) is 16.7 Å². The molecule has 0 aliphatic heterocycles. The summed E-state index contributed by atoms with van der Waals surface area (Å²) in [5.74, 6) is 1.28. The minimum Gasteiger partial charge on any atom is -0.460 e. The van der Waals surface area contributed by atoms with Crippen molar-refractivity contribution in [2.75, 3.05) is 0 Å². The highest BCUT2D eigenvalue weighted by Crippen LogP contribution is 2.26. The Morgan fingerprint density at radius 3 is 2.47 bits per heavy atom. The van der Waals surface area contributed by atoms with Crippen molar-refractivity contribution in [3.05, 3.63) is 78.1 Å². The second-order valence-corrected chi connectivity index (χ2v) is 4.75. The maximum Gasteiger partial charge on any atom is 0.134 e. The Kier molecular flexibility index (Phi) is 3.20. The molecule has 0 fully saturated rings. The number of hydrogen-bond acceptors (Lipinski definition) is 1. The maximum absolute atomic E-state index is 5.87. The van der Waals surface area contributed by atoms with Crippen LogP contribution in [-0.4, -0.2) is 0 Å². The van der Waals surface area contributed by atoms with Gasteiger partial charge in [0.05, 0.1) is 0 Å². The van der Waals surface area contributed by atoms with Crippen LogP contribution < -0.4 is 0 Å². The number of para-hydroxylation sites is 1. The fraction of sp³-hybridized carbons (Fsp3) is 0.111. The molecule has 0 aliphatic carbocycles. The van der Waals surface area contributed by atoms with Crippen LogP contribution in [0.2, 0.25) is 0 Å². The summed E-state index contributed by atoms with van der Waals surface area (Å²) < 4.78 is 5.87. The average molecular weight is 248 g/mol. The van der Waals surface area contributed by atoms with Crippen molar-refractivity contribution >= 4 is 17.0 Å². The molecule has 3 aromatic rings. The average Bonchev–Trinajstić information content (AvgIpc) is 2.90. The molecule has 0 spiro atoms. The normalized spacial score (nSPS) is 13.1. The molecule has 94 valence electrons. The summed E-state index contributed by atoms with van der Waals surface area (Å²) in [6.45, 7) is 2.15. The molecule has 1 aromatic heterocycles. The van der Waals surface area contributed by atoms with Crippen molar-refractivity contribution in [1.82, 2.24) is 0 Å². The van der Waals surface area contributed by atoms with Gasteiger partial charge in [0.25, 0.3) is 0 Å². The van der Waals surface area contributed by atoms with E-state index in [9.17, 15) is 0 Å². The van der Waals surface area contributed by atoms with Gasteiger partial charge in [0.2, 0.25) is 0 Å². The van der Waals surface area contributed by atoms with Crippen LogP contribution in [0.4, 0.5) is 0 Å². The van der Waals surface area contributed by atoms with Crippen LogP contribution in [0, 0.1) is 0 Å². The van der Waals surface area contributed by atoms with Crippen molar-refractivity contribution in [2.45, 2.75) is 12.8 Å². The maximum atomic E-state index is 5.87. The predicted octanol–water partition coefficient (Wildman–Crippen LogP) is 5.25. The summed E-state index contributed by atoms with van der Waals surface area (Å²) in [6.07, 6.45) is 4.31. The van der Waals surface area contributed by atoms with E-state index in [2.05, 4.69) is 43.3 Å². The van der Waals surface area contributed by atoms with Gasteiger partial charge >= 0.3 is 0 Å². The second kappa shape index (κ2) is 5.15. The molecular formula is C18H16O. The van der Waals surface area contributed by atoms with Gasteiger partial charge in [0.15, 0.2) is 0 Å². The monoisotopic (exact) mass is 248 g/mol. The molecule has 3 rings (SSSR count). The zero-order chi connectivity index (χ0) is 13.1. The lowest BCUT2D eigenvalue weighted by Crippen LogP contribution is -1.84. The van der Waals surface area contributed by atoms with Gasteiger partial charge < -0.3 is 4.42 Å². The van der Waals surface area contributed by atoms with E-state index < -0.39 is 0 Å². The molecule has 1 heteroatoms. The fourth-order valence-corrected chi connectivity index (χ4v) is 2.14. The Hall–Kier alpha value is -2.28. The number of rotatable bonds is 3. The molecule has 0 bridgehead atoms. The van der Waals surface area contributed by atoms with Crippen molar-refractivity contribution < 1.29 is 4.42 Å². The lowest BCUT2D eigenvalue weighted by atomic mass is 10.1. The molecule has 1 unspecified atom stereocenters. The van der Waals surface area contributed by atoms with Gasteiger partial charge in [-0.3, -0.25) is 0 Å². The molecule has 0 saturated heterocycles. The Morgan fingerprint density at radius 1 is 0.947 bits per heavy atom. The van der Waals surface area contributed by atoms with E-state index in [0.29, 0.717) is 0 Å². The highest BCUT2D eigenvalue weighted by atomic mass is 16.3. The van der Waals surface area contributed by atoms with Gasteiger partial charge in [-0.1, -0.05) is 67.6 Å². The summed E-state index contributed by atoms with van der Waals surface area (Å²) >= 11 is 0. The Bertz CT molecular complexity index is 659. The van der Waals surface area contributed by atoms with E-state index in [-0.39, 0.29) is 5.92 Å². The van der Waals surface area contributed by atoms with E-state index in [1.54, 1.807) is 0 Å². The van der Waals surface area contributed by atoms with Gasteiger partial charge in [0, 0.05) is 11.3 Å². The second-order valence-electron chi connectivity index (χ2n) is 4.75. The summed E-state index contributed by atoms with van der Waals surface area (Å²) in [4.78, 5) is 0. The molecule has 2 aromatic carbocycles. The zero-order valence-corrected chi connectivity index (χ0v) is 10.9. The van der Waals surface area contributed by atoms with Crippen LogP contribution in [-0.2, 0) is 0 Å². The van der Waals surface area contributed by atoms with E-state index in [1.807, 2.05) is 36.4 Å². The van der Waals surface area contributed by atoms with Gasteiger partial charge in [-0.2, -0.15) is 0 Å². The highest BCUT2D eigenvalue weighted by molar-refractivity contribution is 5.77. The van der Waals surface area contributed by atoms with Crippen LogP contribution in [0.5, 0.6) is 0 Å². The first-order valence-corrected chi connectivity index (χ1v) is 6.54. The summed E-state index contributed by atoms with van der Waals surface area (Å²) in [5.41, 5.74) is 2.17. The van der Waals surface area contributed by atoms with Gasteiger partial charge in [-0.05, 0) is 17.7 Å². The third kappa shape index (κ3) is 2.60. The Balaban J connectivity index is 1.84. The van der Waals surface area contributed by atoms with Gasteiger partial charge in [-0.15, -0.1) is 0 Å². The Labute approximate surface area is 113 Å². The van der Waals surface area contributed by atoms with E-state index in [4.69, 9.17) is 4.42 Å². The predicted molar refractivity (Wildman–Crippen MR) is 80.1 cm³/mol. The lowest BCUT2D eigenvalue weighted by Gasteiger charge is -2.01. The third-order valence-electron chi connectivity index (χ3n) is 3.27. The number of benzene rings is 2. The van der Waals surface area contributed by atoms with Crippen molar-refractivity contribution in [3.8, 4) is 0 Å². The molecule has 0 aliphatic rings. The van der Waals surface area contributed by atoms with Gasteiger partial charge in [-0.25, -0.2) is 0 Å². The number of fused-ring (bicyclic) bond motifs is 1. The number of furan rings is 1. The van der Waals surface area contributed by atoms with Crippen LogP contribution in [0.1, 0.15) is 24.2 Å². The first-order valence-electron chi connectivity index (χ1n) is 6.54. The molecule has 0 radical (unpaired) electrons. The van der Waals surface area contributed by atoms with Crippen molar-refractivity contribution in [1.29, 1.82) is 0 Å². The van der Waals surface area contributed by atoms with Crippen LogP contribution in [0.3, 0.4) is 0 Å². The molecule has 0 amide bonds. The molecule has 0 N–H and O–H groups in total. The summed E-state index contributed by atoms with van der Waals surface area (Å²) in [7, 11) is 0. The molecule has 19 heavy (non-hydrogen) atoms. The molecular weight excluding hydrogens is 232 g/mol. The standard InChI is InChI=1S/C18H16O/c1-14(11-12-15-7-3-2-4-8-15)18-13-16-9-5-6-10-17(16)19-18/h2-14H,1H3/b12-11+. The molecule has 1 atom stereocenters. The van der Waals surface area contributed by atoms with Crippen LogP contribution in [0.15, 0.2) is 71.2 Å². The van der Waals surface area contributed by atoms with Crippen LogP contribution in [0.25, 0.3) is 17.0 Å². The largest absolute Gasteiger partial charge is 0.460 e. The summed E-state index contributed by atoms with van der Waals surface area (Å²) in [6, 6.07) is 20.6. The van der Waals surface area contributed by atoms with E-state index in [1.165, 1.54) is 5.56 Å². The van der Waals surface area contributed by atoms with Crippen molar-refractivity contribution in [2.24, 2.45) is 0 Å². The van der Waals surface area contributed by atoms with Crippen molar-refractivity contribution in [3.63, 3.8) is 0 Å². The topological polar surface area (TPSA) is 13.1 Å².